The molecule has 1 aliphatic rings. The Labute approximate surface area is 129 Å². The average molecular weight is 302 g/mol. The van der Waals surface area contributed by atoms with Crippen LogP contribution in [0.3, 0.4) is 0 Å². The molecular formula is C15H22N6O. The Morgan fingerprint density at radius 2 is 2.00 bits per heavy atom. The minimum absolute atomic E-state index is 0.0685. The van der Waals surface area contributed by atoms with Gasteiger partial charge in [0.05, 0.1) is 0 Å². The summed E-state index contributed by atoms with van der Waals surface area (Å²) in [5.74, 6) is 0.0685. The molecule has 2 aromatic rings. The first-order valence-corrected chi connectivity index (χ1v) is 7.91. The third kappa shape index (κ3) is 3.18. The van der Waals surface area contributed by atoms with Crippen molar-refractivity contribution in [1.82, 2.24) is 29.9 Å². The Bertz CT molecular complexity index is 571. The number of amides is 1. The molecule has 22 heavy (non-hydrogen) atoms. The quantitative estimate of drug-likeness (QED) is 0.912. The van der Waals surface area contributed by atoms with E-state index in [1.165, 1.54) is 0 Å². The van der Waals surface area contributed by atoms with Crippen molar-refractivity contribution in [2.24, 2.45) is 0 Å². The lowest BCUT2D eigenvalue weighted by molar-refractivity contribution is -0.125. The van der Waals surface area contributed by atoms with Crippen LogP contribution >= 0.6 is 0 Å². The molecule has 7 heteroatoms. The fraction of sp³-hybridized carbons (Fsp3) is 0.600. The first-order valence-electron chi connectivity index (χ1n) is 7.91. The van der Waals surface area contributed by atoms with E-state index >= 15 is 0 Å². The molecule has 1 N–H and O–H groups in total. The Morgan fingerprint density at radius 1 is 1.27 bits per heavy atom. The highest BCUT2D eigenvalue weighted by atomic mass is 16.2. The van der Waals surface area contributed by atoms with Crippen LogP contribution in [0.2, 0.25) is 0 Å². The van der Waals surface area contributed by atoms with E-state index in [-0.39, 0.29) is 18.0 Å². The maximum absolute atomic E-state index is 12.5. The predicted octanol–water partition coefficient (Wildman–Crippen LogP) is 1.73. The highest BCUT2D eigenvalue weighted by Gasteiger charge is 2.26. The van der Waals surface area contributed by atoms with E-state index in [2.05, 4.69) is 25.2 Å². The molecule has 0 aromatic carbocycles. The zero-order valence-corrected chi connectivity index (χ0v) is 12.8. The van der Waals surface area contributed by atoms with Gasteiger partial charge in [0.1, 0.15) is 18.7 Å². The number of hydrogen-bond donors (Lipinski definition) is 1. The first kappa shape index (κ1) is 14.7. The number of aromatic nitrogens is 5. The normalized spacial score (nSPS) is 23.1. The zero-order chi connectivity index (χ0) is 15.4. The van der Waals surface area contributed by atoms with Crippen LogP contribution in [0.25, 0.3) is 0 Å². The van der Waals surface area contributed by atoms with Crippen LogP contribution in [0.1, 0.15) is 51.1 Å². The topological polar surface area (TPSA) is 77.6 Å². The molecular weight excluding hydrogens is 280 g/mol. The van der Waals surface area contributed by atoms with E-state index < -0.39 is 0 Å². The molecule has 1 amide bonds. The van der Waals surface area contributed by atoms with Crippen molar-refractivity contribution in [2.45, 2.75) is 57.2 Å². The van der Waals surface area contributed by atoms with Gasteiger partial charge in [-0.05, 0) is 38.2 Å². The molecule has 2 heterocycles. The highest BCUT2D eigenvalue weighted by molar-refractivity contribution is 5.80. The molecule has 0 radical (unpaired) electrons. The summed E-state index contributed by atoms with van der Waals surface area (Å²) in [5, 5.41) is 15.1. The summed E-state index contributed by atoms with van der Waals surface area (Å²) in [6.45, 7) is 2.01. The van der Waals surface area contributed by atoms with Crippen LogP contribution in [0.4, 0.5) is 0 Å². The number of hydrogen-bond acceptors (Lipinski definition) is 4. The fourth-order valence-corrected chi connectivity index (χ4v) is 3.17. The molecule has 7 nitrogen and oxygen atoms in total. The fourth-order valence-electron chi connectivity index (χ4n) is 3.17. The maximum Gasteiger partial charge on any atom is 0.245 e. The Morgan fingerprint density at radius 3 is 2.59 bits per heavy atom. The number of nitrogens with zero attached hydrogens (tertiary/aromatic N) is 5. The summed E-state index contributed by atoms with van der Waals surface area (Å²) in [6, 6.07) is 2.34. The standard InChI is InChI=1S/C15H22N6O/c1-2-14(21-9-3-8-18-21)15(22)19-12-4-6-13(7-5-12)20-10-16-17-11-20/h3,8-14H,2,4-7H2,1H3,(H,19,22)/t12?,13?,14-/m0/s1. The molecule has 0 bridgehead atoms. The minimum atomic E-state index is -0.217. The van der Waals surface area contributed by atoms with Crippen LogP contribution in [0.5, 0.6) is 0 Å². The predicted molar refractivity (Wildman–Crippen MR) is 81.0 cm³/mol. The molecule has 0 spiro atoms. The summed E-state index contributed by atoms with van der Waals surface area (Å²) in [6.07, 6.45) is 11.9. The Kier molecular flexibility index (Phi) is 4.50. The van der Waals surface area contributed by atoms with Gasteiger partial charge >= 0.3 is 0 Å². The number of carbonyl (C=O) groups excluding carboxylic acids is 1. The van der Waals surface area contributed by atoms with Gasteiger partial charge in [-0.15, -0.1) is 10.2 Å². The van der Waals surface area contributed by atoms with Crippen molar-refractivity contribution in [2.75, 3.05) is 0 Å². The van der Waals surface area contributed by atoms with Crippen LogP contribution in [0, 0.1) is 0 Å². The van der Waals surface area contributed by atoms with E-state index in [0.717, 1.165) is 32.1 Å². The van der Waals surface area contributed by atoms with E-state index in [4.69, 9.17) is 0 Å². The summed E-state index contributed by atoms with van der Waals surface area (Å²) < 4.78 is 3.80. The zero-order valence-electron chi connectivity index (χ0n) is 12.8. The lowest BCUT2D eigenvalue weighted by Crippen LogP contribution is -2.41. The second-order valence-electron chi connectivity index (χ2n) is 5.83. The maximum atomic E-state index is 12.5. The summed E-state index contributed by atoms with van der Waals surface area (Å²) in [5.41, 5.74) is 0. The molecule has 0 unspecified atom stereocenters. The van der Waals surface area contributed by atoms with Crippen LogP contribution in [-0.4, -0.2) is 36.5 Å². The van der Waals surface area contributed by atoms with Gasteiger partial charge in [-0.1, -0.05) is 6.92 Å². The Balaban J connectivity index is 1.53. The highest BCUT2D eigenvalue weighted by Crippen LogP contribution is 2.28. The lowest BCUT2D eigenvalue weighted by Gasteiger charge is -2.30. The van der Waals surface area contributed by atoms with Crippen LogP contribution in [-0.2, 0) is 4.79 Å². The number of carbonyl (C=O) groups is 1. The third-order valence-electron chi connectivity index (χ3n) is 4.43. The van der Waals surface area contributed by atoms with Gasteiger partial charge < -0.3 is 9.88 Å². The van der Waals surface area contributed by atoms with E-state index in [0.29, 0.717) is 6.04 Å². The van der Waals surface area contributed by atoms with E-state index in [9.17, 15) is 4.79 Å². The van der Waals surface area contributed by atoms with Crippen molar-refractivity contribution in [1.29, 1.82) is 0 Å². The smallest absolute Gasteiger partial charge is 0.245 e. The molecule has 1 saturated carbocycles. The second kappa shape index (κ2) is 6.72. The van der Waals surface area contributed by atoms with Gasteiger partial charge in [0.15, 0.2) is 0 Å². The van der Waals surface area contributed by atoms with Gasteiger partial charge in [0.2, 0.25) is 5.91 Å². The largest absolute Gasteiger partial charge is 0.352 e. The third-order valence-corrected chi connectivity index (χ3v) is 4.43. The SMILES string of the molecule is CC[C@@H](C(=O)NC1CCC(n2cnnc2)CC1)n1cccn1. The van der Waals surface area contributed by atoms with Crippen molar-refractivity contribution in [3.8, 4) is 0 Å². The van der Waals surface area contributed by atoms with Gasteiger partial charge in [-0.2, -0.15) is 5.10 Å². The van der Waals surface area contributed by atoms with Gasteiger partial charge in [0.25, 0.3) is 0 Å². The average Bonchev–Trinajstić information content (AvgIpc) is 3.22. The van der Waals surface area contributed by atoms with Gasteiger partial charge in [-0.3, -0.25) is 9.48 Å². The number of rotatable bonds is 5. The molecule has 1 atom stereocenters. The van der Waals surface area contributed by atoms with Gasteiger partial charge in [0, 0.05) is 24.5 Å². The van der Waals surface area contributed by atoms with Gasteiger partial charge in [-0.25, -0.2) is 0 Å². The molecule has 0 aliphatic heterocycles. The molecule has 118 valence electrons. The van der Waals surface area contributed by atoms with Crippen molar-refractivity contribution in [3.05, 3.63) is 31.1 Å². The molecule has 3 rings (SSSR count). The first-order chi connectivity index (χ1) is 10.8. The van der Waals surface area contributed by atoms with Crippen molar-refractivity contribution < 1.29 is 4.79 Å². The summed E-state index contributed by atoms with van der Waals surface area (Å²) in [7, 11) is 0. The monoisotopic (exact) mass is 302 g/mol. The van der Waals surface area contributed by atoms with Crippen LogP contribution < -0.4 is 5.32 Å². The van der Waals surface area contributed by atoms with E-state index in [1.807, 2.05) is 19.2 Å². The summed E-state index contributed by atoms with van der Waals surface area (Å²) in [4.78, 5) is 12.5. The second-order valence-corrected chi connectivity index (χ2v) is 5.83. The number of nitrogens with one attached hydrogen (secondary N) is 1. The molecule has 0 saturated heterocycles. The van der Waals surface area contributed by atoms with Crippen molar-refractivity contribution >= 4 is 5.91 Å². The van der Waals surface area contributed by atoms with E-state index in [1.54, 1.807) is 23.5 Å². The van der Waals surface area contributed by atoms with Crippen molar-refractivity contribution in [3.63, 3.8) is 0 Å². The van der Waals surface area contributed by atoms with Crippen LogP contribution in [0.15, 0.2) is 31.1 Å². The summed E-state index contributed by atoms with van der Waals surface area (Å²) >= 11 is 0. The molecule has 1 fully saturated rings. The molecule has 1 aliphatic carbocycles. The minimum Gasteiger partial charge on any atom is -0.352 e. The molecule has 2 aromatic heterocycles. The lowest BCUT2D eigenvalue weighted by atomic mass is 9.91. The Hall–Kier alpha value is -2.18.